The Kier molecular flexibility index (Phi) is 4.46. The van der Waals surface area contributed by atoms with Crippen LogP contribution >= 0.6 is 34.8 Å². The molecule has 0 aliphatic heterocycles. The van der Waals surface area contributed by atoms with Gasteiger partial charge in [-0.05, 0) is 35.9 Å². The van der Waals surface area contributed by atoms with E-state index in [-0.39, 0.29) is 16.6 Å². The smallest absolute Gasteiger partial charge is 0.185 e. The molecule has 1 nitrogen and oxygen atoms in total. The van der Waals surface area contributed by atoms with E-state index in [1.54, 1.807) is 6.07 Å². The highest BCUT2D eigenvalue weighted by Crippen LogP contribution is 2.28. The number of rotatable bonds is 3. The Hall–Kier alpha value is -1.09. The molecule has 2 rings (SSSR count). The lowest BCUT2D eigenvalue weighted by Crippen LogP contribution is -2.07. The van der Waals surface area contributed by atoms with E-state index >= 15 is 0 Å². The molecule has 0 fully saturated rings. The number of benzene rings is 2. The number of carbonyl (C=O) groups excluding carboxylic acids is 1. The van der Waals surface area contributed by atoms with E-state index in [2.05, 4.69) is 0 Å². The molecule has 1 atom stereocenters. The van der Waals surface area contributed by atoms with Gasteiger partial charge in [0.1, 0.15) is 11.2 Å². The average Bonchev–Trinajstić information content (AvgIpc) is 2.41. The van der Waals surface area contributed by atoms with Crippen LogP contribution in [0.2, 0.25) is 10.0 Å². The second-order valence-electron chi connectivity index (χ2n) is 3.91. The summed E-state index contributed by atoms with van der Waals surface area (Å²) in [6, 6.07) is 10.0. The molecule has 98 valence electrons. The largest absolute Gasteiger partial charge is 0.292 e. The van der Waals surface area contributed by atoms with Gasteiger partial charge in [0.2, 0.25) is 0 Å². The van der Waals surface area contributed by atoms with Gasteiger partial charge >= 0.3 is 0 Å². The molecule has 19 heavy (non-hydrogen) atoms. The van der Waals surface area contributed by atoms with Gasteiger partial charge in [-0.1, -0.05) is 35.3 Å². The molecule has 0 aromatic heterocycles. The molecule has 5 heteroatoms. The number of hydrogen-bond acceptors (Lipinski definition) is 1. The number of hydrogen-bond donors (Lipinski definition) is 0. The fourth-order valence-corrected chi connectivity index (χ4v) is 2.15. The van der Waals surface area contributed by atoms with E-state index in [1.807, 2.05) is 0 Å². The number of halogens is 4. The van der Waals surface area contributed by atoms with E-state index in [4.69, 9.17) is 34.8 Å². The van der Waals surface area contributed by atoms with Crippen LogP contribution < -0.4 is 0 Å². The molecule has 2 aromatic carbocycles. The van der Waals surface area contributed by atoms with Crippen molar-refractivity contribution in [1.82, 2.24) is 0 Å². The minimum Gasteiger partial charge on any atom is -0.292 e. The first-order chi connectivity index (χ1) is 8.99. The van der Waals surface area contributed by atoms with Gasteiger partial charge in [-0.25, -0.2) is 4.39 Å². The highest BCUT2D eigenvalue weighted by molar-refractivity contribution is 6.42. The average molecular weight is 318 g/mol. The van der Waals surface area contributed by atoms with Crippen LogP contribution in [0.5, 0.6) is 0 Å². The summed E-state index contributed by atoms with van der Waals surface area (Å²) in [6.45, 7) is 0. The second kappa shape index (κ2) is 5.91. The molecule has 2 aromatic rings. The third kappa shape index (κ3) is 3.27. The Labute approximate surface area is 124 Å². The molecule has 0 amide bonds. The second-order valence-corrected chi connectivity index (χ2v) is 5.16. The normalized spacial score (nSPS) is 12.2. The minimum atomic E-state index is -0.891. The van der Waals surface area contributed by atoms with E-state index in [9.17, 15) is 9.18 Å². The lowest BCUT2D eigenvalue weighted by Gasteiger charge is -2.09. The van der Waals surface area contributed by atoms with Crippen molar-refractivity contribution in [1.29, 1.82) is 0 Å². The van der Waals surface area contributed by atoms with Crippen molar-refractivity contribution in [3.05, 3.63) is 69.5 Å². The summed E-state index contributed by atoms with van der Waals surface area (Å²) in [4.78, 5) is 12.2. The monoisotopic (exact) mass is 316 g/mol. The van der Waals surface area contributed by atoms with Gasteiger partial charge < -0.3 is 0 Å². The molecule has 0 radical (unpaired) electrons. The third-order valence-electron chi connectivity index (χ3n) is 2.60. The minimum absolute atomic E-state index is 0.287. The summed E-state index contributed by atoms with van der Waals surface area (Å²) in [5.41, 5.74) is 0.887. The van der Waals surface area contributed by atoms with Crippen molar-refractivity contribution in [2.75, 3.05) is 0 Å². The number of ketones is 1. The van der Waals surface area contributed by atoms with Crippen molar-refractivity contribution < 1.29 is 9.18 Å². The lowest BCUT2D eigenvalue weighted by atomic mass is 10.0. The summed E-state index contributed by atoms with van der Waals surface area (Å²) in [7, 11) is 0. The summed E-state index contributed by atoms with van der Waals surface area (Å²) < 4.78 is 12.8. The van der Waals surface area contributed by atoms with Crippen LogP contribution in [0.1, 0.15) is 21.3 Å². The van der Waals surface area contributed by atoms with Crippen molar-refractivity contribution in [2.45, 2.75) is 5.38 Å². The molecule has 0 saturated heterocycles. The van der Waals surface area contributed by atoms with Crippen LogP contribution in [0.15, 0.2) is 42.5 Å². The van der Waals surface area contributed by atoms with E-state index in [0.29, 0.717) is 16.1 Å². The maximum Gasteiger partial charge on any atom is 0.185 e. The molecule has 0 bridgehead atoms. The van der Waals surface area contributed by atoms with Crippen LogP contribution in [0.25, 0.3) is 0 Å². The third-order valence-corrected chi connectivity index (χ3v) is 3.79. The Bertz CT molecular complexity index is 611. The van der Waals surface area contributed by atoms with Gasteiger partial charge in [0, 0.05) is 5.56 Å². The Morgan fingerprint density at radius 1 is 1.00 bits per heavy atom. The first-order valence-corrected chi connectivity index (χ1v) is 6.57. The van der Waals surface area contributed by atoms with Crippen LogP contribution in [-0.4, -0.2) is 5.78 Å². The number of carbonyl (C=O) groups is 1. The maximum atomic E-state index is 12.8. The Balaban J connectivity index is 2.28. The first-order valence-electron chi connectivity index (χ1n) is 5.38. The van der Waals surface area contributed by atoms with Gasteiger partial charge in [-0.3, -0.25) is 4.79 Å². The van der Waals surface area contributed by atoms with Crippen LogP contribution in [0.4, 0.5) is 4.39 Å². The van der Waals surface area contributed by atoms with Crippen LogP contribution in [0, 0.1) is 5.82 Å². The highest BCUT2D eigenvalue weighted by Gasteiger charge is 2.20. The number of Topliss-reactive ketones (excluding diaryl/α,β-unsaturated/α-hetero) is 1. The van der Waals surface area contributed by atoms with Crippen molar-refractivity contribution in [3.8, 4) is 0 Å². The predicted molar refractivity (Wildman–Crippen MR) is 75.8 cm³/mol. The molecule has 0 spiro atoms. The Morgan fingerprint density at radius 3 is 2.21 bits per heavy atom. The maximum absolute atomic E-state index is 12.8. The first kappa shape index (κ1) is 14.3. The van der Waals surface area contributed by atoms with Crippen molar-refractivity contribution >= 4 is 40.6 Å². The molecule has 0 heterocycles. The standard InChI is InChI=1S/C14H8Cl3FO/c15-11-6-3-9(7-12(11)16)14(19)13(17)8-1-4-10(18)5-2-8/h1-7,13H. The summed E-state index contributed by atoms with van der Waals surface area (Å²) in [5.74, 6) is -0.693. The van der Waals surface area contributed by atoms with Gasteiger partial charge in [0.25, 0.3) is 0 Å². The summed E-state index contributed by atoms with van der Waals surface area (Å²) in [6.07, 6.45) is 0. The van der Waals surface area contributed by atoms with Crippen LogP contribution in [0.3, 0.4) is 0 Å². The van der Waals surface area contributed by atoms with Crippen LogP contribution in [-0.2, 0) is 0 Å². The molecule has 0 N–H and O–H groups in total. The number of alkyl halides is 1. The van der Waals surface area contributed by atoms with Gasteiger partial charge in [0.05, 0.1) is 10.0 Å². The van der Waals surface area contributed by atoms with E-state index < -0.39 is 5.38 Å². The predicted octanol–water partition coefficient (Wildman–Crippen LogP) is 5.30. The van der Waals surface area contributed by atoms with Gasteiger partial charge in [-0.2, -0.15) is 0 Å². The van der Waals surface area contributed by atoms with E-state index in [0.717, 1.165) is 0 Å². The zero-order valence-corrected chi connectivity index (χ0v) is 11.8. The molecular formula is C14H8Cl3FO. The zero-order chi connectivity index (χ0) is 14.0. The summed E-state index contributed by atoms with van der Waals surface area (Å²) in [5, 5.41) is -0.237. The molecule has 0 saturated carbocycles. The molecule has 0 aliphatic carbocycles. The van der Waals surface area contributed by atoms with Crippen molar-refractivity contribution in [3.63, 3.8) is 0 Å². The zero-order valence-electron chi connectivity index (χ0n) is 9.54. The van der Waals surface area contributed by atoms with E-state index in [1.165, 1.54) is 36.4 Å². The SMILES string of the molecule is O=C(c1ccc(Cl)c(Cl)c1)C(Cl)c1ccc(F)cc1. The molecule has 1 unspecified atom stereocenters. The van der Waals surface area contributed by atoms with Crippen molar-refractivity contribution in [2.24, 2.45) is 0 Å². The fraction of sp³-hybridized carbons (Fsp3) is 0.0714. The van der Waals surface area contributed by atoms with Gasteiger partial charge in [0.15, 0.2) is 5.78 Å². The van der Waals surface area contributed by atoms with Gasteiger partial charge in [-0.15, -0.1) is 11.6 Å². The topological polar surface area (TPSA) is 17.1 Å². The fourth-order valence-electron chi connectivity index (χ4n) is 1.58. The molecular weight excluding hydrogens is 310 g/mol. The quantitative estimate of drug-likeness (QED) is 0.555. The Morgan fingerprint density at radius 2 is 1.63 bits per heavy atom. The molecule has 0 aliphatic rings. The highest BCUT2D eigenvalue weighted by atomic mass is 35.5. The summed E-state index contributed by atoms with van der Waals surface area (Å²) >= 11 is 17.7. The lowest BCUT2D eigenvalue weighted by molar-refractivity contribution is 0.0987.